The molecule has 2 N–H and O–H groups in total. The number of benzene rings is 2. The lowest BCUT2D eigenvalue weighted by Gasteiger charge is -2.22. The van der Waals surface area contributed by atoms with E-state index >= 15 is 0 Å². The van der Waals surface area contributed by atoms with Gasteiger partial charge in [-0.05, 0) is 30.3 Å². The molecule has 140 valence electrons. The summed E-state index contributed by atoms with van der Waals surface area (Å²) in [6.07, 6.45) is 0.380. The van der Waals surface area contributed by atoms with Crippen LogP contribution in [0.15, 0.2) is 53.4 Å². The first-order valence-corrected chi connectivity index (χ1v) is 9.54. The number of fused-ring (bicyclic) bond motifs is 1. The molecule has 2 aromatic carbocycles. The predicted molar refractivity (Wildman–Crippen MR) is 108 cm³/mol. The second-order valence-electron chi connectivity index (χ2n) is 6.39. The monoisotopic (exact) mass is 383 g/mol. The first-order chi connectivity index (χ1) is 12.9. The van der Waals surface area contributed by atoms with Gasteiger partial charge in [-0.3, -0.25) is 14.4 Å². The molecule has 27 heavy (non-hydrogen) atoms. The topological polar surface area (TPSA) is 78.5 Å². The summed E-state index contributed by atoms with van der Waals surface area (Å²) in [5.74, 6) is -0.545. The molecular formula is C20H21N3O3S. The maximum absolute atomic E-state index is 12.6. The smallest absolute Gasteiger partial charge is 0.244 e. The zero-order valence-electron chi connectivity index (χ0n) is 15.2. The van der Waals surface area contributed by atoms with Crippen LogP contribution in [0.25, 0.3) is 0 Å². The highest BCUT2D eigenvalue weighted by molar-refractivity contribution is 8.00. The van der Waals surface area contributed by atoms with Crippen molar-refractivity contribution in [2.24, 2.45) is 0 Å². The Hall–Kier alpha value is -2.80. The molecule has 7 heteroatoms. The summed E-state index contributed by atoms with van der Waals surface area (Å²) in [7, 11) is 0. The van der Waals surface area contributed by atoms with Gasteiger partial charge in [0.15, 0.2) is 0 Å². The summed E-state index contributed by atoms with van der Waals surface area (Å²) in [4.78, 5) is 38.9. The molecule has 1 heterocycles. The number of hydrogen-bond acceptors (Lipinski definition) is 4. The van der Waals surface area contributed by atoms with Gasteiger partial charge in [0.2, 0.25) is 17.7 Å². The van der Waals surface area contributed by atoms with E-state index in [9.17, 15) is 14.4 Å². The summed E-state index contributed by atoms with van der Waals surface area (Å²) in [6.45, 7) is 3.37. The number of thioether (sulfide) groups is 1. The third kappa shape index (κ3) is 4.89. The van der Waals surface area contributed by atoms with E-state index in [1.54, 1.807) is 40.9 Å². The number of nitrogens with zero attached hydrogens (tertiary/aromatic N) is 1. The van der Waals surface area contributed by atoms with Gasteiger partial charge in [0, 0.05) is 34.9 Å². The Morgan fingerprint density at radius 1 is 1.11 bits per heavy atom. The van der Waals surface area contributed by atoms with Gasteiger partial charge in [-0.15, -0.1) is 11.8 Å². The minimum Gasteiger partial charge on any atom is -0.326 e. The number of amides is 3. The molecular weight excluding hydrogens is 362 g/mol. The highest BCUT2D eigenvalue weighted by atomic mass is 32.2. The maximum atomic E-state index is 12.6. The molecule has 0 aromatic heterocycles. The van der Waals surface area contributed by atoms with Crippen molar-refractivity contribution in [2.75, 3.05) is 22.1 Å². The average Bonchev–Trinajstić information content (AvgIpc) is 2.70. The molecule has 0 bridgehead atoms. The highest BCUT2D eigenvalue weighted by Gasteiger charge is 2.27. The van der Waals surface area contributed by atoms with Gasteiger partial charge in [-0.25, -0.2) is 0 Å². The van der Waals surface area contributed by atoms with E-state index in [4.69, 9.17) is 0 Å². The van der Waals surface area contributed by atoms with Crippen molar-refractivity contribution in [1.29, 1.82) is 0 Å². The van der Waals surface area contributed by atoms with E-state index in [0.717, 1.165) is 10.6 Å². The SMILES string of the molecule is CC(=O)Nc1cccc(NC(=O)CN2C(=O)CC(C)Sc3ccccc32)c1. The van der Waals surface area contributed by atoms with E-state index in [2.05, 4.69) is 10.6 Å². The fourth-order valence-corrected chi connectivity index (χ4v) is 4.04. The molecule has 1 aliphatic rings. The van der Waals surface area contributed by atoms with Crippen molar-refractivity contribution < 1.29 is 14.4 Å². The lowest BCUT2D eigenvalue weighted by atomic mass is 10.2. The molecule has 0 fully saturated rings. The lowest BCUT2D eigenvalue weighted by Crippen LogP contribution is -2.38. The molecule has 1 unspecified atom stereocenters. The minimum atomic E-state index is -0.294. The molecule has 3 amide bonds. The lowest BCUT2D eigenvalue weighted by molar-refractivity contribution is -0.121. The van der Waals surface area contributed by atoms with E-state index in [1.165, 1.54) is 6.92 Å². The van der Waals surface area contributed by atoms with Crippen molar-refractivity contribution in [3.05, 3.63) is 48.5 Å². The Morgan fingerprint density at radius 2 is 1.81 bits per heavy atom. The van der Waals surface area contributed by atoms with Crippen LogP contribution >= 0.6 is 11.8 Å². The van der Waals surface area contributed by atoms with Crippen LogP contribution in [-0.2, 0) is 14.4 Å². The first kappa shape index (κ1) is 19.0. The molecule has 2 aromatic rings. The Bertz CT molecular complexity index is 884. The fourth-order valence-electron chi connectivity index (χ4n) is 2.92. The number of anilines is 3. The molecule has 0 radical (unpaired) electrons. The van der Waals surface area contributed by atoms with E-state index in [-0.39, 0.29) is 29.5 Å². The van der Waals surface area contributed by atoms with Gasteiger partial charge >= 0.3 is 0 Å². The third-order valence-corrected chi connectivity index (χ3v) is 5.18. The Kier molecular flexibility index (Phi) is 5.81. The van der Waals surface area contributed by atoms with Gasteiger partial charge < -0.3 is 15.5 Å². The van der Waals surface area contributed by atoms with Crippen LogP contribution in [0.1, 0.15) is 20.3 Å². The summed E-state index contributed by atoms with van der Waals surface area (Å²) >= 11 is 1.64. The third-order valence-electron chi connectivity index (χ3n) is 4.02. The van der Waals surface area contributed by atoms with Crippen LogP contribution < -0.4 is 15.5 Å². The van der Waals surface area contributed by atoms with Gasteiger partial charge in [0.25, 0.3) is 0 Å². The van der Waals surface area contributed by atoms with Gasteiger partial charge in [-0.1, -0.05) is 25.1 Å². The van der Waals surface area contributed by atoms with Crippen LogP contribution in [-0.4, -0.2) is 29.5 Å². The molecule has 3 rings (SSSR count). The normalized spacial score (nSPS) is 16.3. The summed E-state index contributed by atoms with van der Waals surface area (Å²) < 4.78 is 0. The standard InChI is InChI=1S/C20H21N3O3S/c1-13-10-20(26)23(17-8-3-4-9-18(17)27-13)12-19(25)22-16-7-5-6-15(11-16)21-14(2)24/h3-9,11,13H,10,12H2,1-2H3,(H,21,24)(H,22,25). The van der Waals surface area contributed by atoms with Crippen molar-refractivity contribution in [2.45, 2.75) is 30.4 Å². The van der Waals surface area contributed by atoms with Gasteiger partial charge in [0.1, 0.15) is 6.54 Å². The summed E-state index contributed by atoms with van der Waals surface area (Å²) in [5.41, 5.74) is 1.92. The second kappa shape index (κ2) is 8.26. The van der Waals surface area contributed by atoms with Crippen LogP contribution in [0, 0.1) is 0 Å². The van der Waals surface area contributed by atoms with Crippen LogP contribution in [0.2, 0.25) is 0 Å². The fraction of sp³-hybridized carbons (Fsp3) is 0.250. The largest absolute Gasteiger partial charge is 0.326 e. The minimum absolute atomic E-state index is 0.0620. The number of hydrogen-bond donors (Lipinski definition) is 2. The molecule has 0 spiro atoms. The van der Waals surface area contributed by atoms with Crippen molar-refractivity contribution in [3.63, 3.8) is 0 Å². The second-order valence-corrected chi connectivity index (χ2v) is 7.87. The highest BCUT2D eigenvalue weighted by Crippen LogP contribution is 2.37. The van der Waals surface area contributed by atoms with Crippen LogP contribution in [0.4, 0.5) is 17.1 Å². The molecule has 0 saturated heterocycles. The number of carbonyl (C=O) groups excluding carboxylic acids is 3. The van der Waals surface area contributed by atoms with Crippen molar-refractivity contribution >= 4 is 46.5 Å². The molecule has 0 aliphatic carbocycles. The van der Waals surface area contributed by atoms with Crippen molar-refractivity contribution in [3.8, 4) is 0 Å². The number of para-hydroxylation sites is 1. The number of carbonyl (C=O) groups is 3. The molecule has 6 nitrogen and oxygen atoms in total. The average molecular weight is 383 g/mol. The summed E-state index contributed by atoms with van der Waals surface area (Å²) in [5, 5.41) is 5.62. The first-order valence-electron chi connectivity index (χ1n) is 8.66. The molecule has 0 saturated carbocycles. The Labute approximate surface area is 162 Å². The van der Waals surface area contributed by atoms with E-state index < -0.39 is 0 Å². The Balaban J connectivity index is 1.75. The zero-order chi connectivity index (χ0) is 19.4. The molecule has 1 atom stereocenters. The van der Waals surface area contributed by atoms with E-state index in [0.29, 0.717) is 17.8 Å². The maximum Gasteiger partial charge on any atom is 0.244 e. The predicted octanol–water partition coefficient (Wildman–Crippen LogP) is 3.50. The zero-order valence-corrected chi connectivity index (χ0v) is 16.0. The van der Waals surface area contributed by atoms with Crippen LogP contribution in [0.3, 0.4) is 0 Å². The van der Waals surface area contributed by atoms with Gasteiger partial charge in [-0.2, -0.15) is 0 Å². The van der Waals surface area contributed by atoms with E-state index in [1.807, 2.05) is 31.2 Å². The quantitative estimate of drug-likeness (QED) is 0.847. The van der Waals surface area contributed by atoms with Crippen molar-refractivity contribution in [1.82, 2.24) is 0 Å². The summed E-state index contributed by atoms with van der Waals surface area (Å²) in [6, 6.07) is 14.5. The number of nitrogens with one attached hydrogen (secondary N) is 2. The number of rotatable bonds is 4. The van der Waals surface area contributed by atoms with Gasteiger partial charge in [0.05, 0.1) is 5.69 Å². The van der Waals surface area contributed by atoms with Crippen LogP contribution in [0.5, 0.6) is 0 Å². The molecule has 1 aliphatic heterocycles. The Morgan fingerprint density at radius 3 is 2.56 bits per heavy atom.